The molecule has 0 fully saturated rings. The predicted octanol–water partition coefficient (Wildman–Crippen LogP) is 0.914. The van der Waals surface area contributed by atoms with Crippen molar-refractivity contribution >= 4 is 11.7 Å². The van der Waals surface area contributed by atoms with E-state index in [2.05, 4.69) is 25.8 Å². The molecule has 2 aromatic heterocycles. The molecule has 0 aliphatic carbocycles. The van der Waals surface area contributed by atoms with Crippen LogP contribution in [-0.4, -0.2) is 31.1 Å². The van der Waals surface area contributed by atoms with E-state index in [1.807, 2.05) is 13.8 Å². The van der Waals surface area contributed by atoms with Gasteiger partial charge in [-0.1, -0.05) is 19.1 Å². The van der Waals surface area contributed by atoms with Gasteiger partial charge in [0, 0.05) is 18.8 Å². The maximum Gasteiger partial charge on any atom is 0.279 e. The molecular formula is C10H14N6O. The Bertz CT molecular complexity index is 526. The summed E-state index contributed by atoms with van der Waals surface area (Å²) in [6.07, 6.45) is 1.55. The molecule has 0 bridgehead atoms. The second kappa shape index (κ2) is 4.36. The molecule has 0 atom stereocenters. The van der Waals surface area contributed by atoms with Crippen molar-refractivity contribution in [3.63, 3.8) is 0 Å². The molecule has 0 aromatic carbocycles. The first-order chi connectivity index (χ1) is 8.06. The highest BCUT2D eigenvalue weighted by molar-refractivity contribution is 6.02. The summed E-state index contributed by atoms with van der Waals surface area (Å²) in [6.45, 7) is 4.09. The molecule has 17 heavy (non-hydrogen) atoms. The first-order valence-electron chi connectivity index (χ1n) is 5.29. The zero-order chi connectivity index (χ0) is 12.4. The number of nitrogens with zero attached hydrogens (tertiary/aromatic N) is 4. The van der Waals surface area contributed by atoms with Crippen molar-refractivity contribution in [2.75, 3.05) is 5.32 Å². The molecule has 2 rings (SSSR count). The summed E-state index contributed by atoms with van der Waals surface area (Å²) >= 11 is 0. The Morgan fingerprint density at radius 2 is 2.29 bits per heavy atom. The van der Waals surface area contributed by atoms with E-state index < -0.39 is 0 Å². The van der Waals surface area contributed by atoms with Crippen LogP contribution in [0.2, 0.25) is 0 Å². The third kappa shape index (κ3) is 2.49. The van der Waals surface area contributed by atoms with Crippen LogP contribution >= 0.6 is 0 Å². The average molecular weight is 234 g/mol. The lowest BCUT2D eigenvalue weighted by atomic mass is 10.1. The molecule has 90 valence electrons. The number of hydrogen-bond donors (Lipinski definition) is 2. The quantitative estimate of drug-likeness (QED) is 0.826. The largest absolute Gasteiger partial charge is 0.304 e. The van der Waals surface area contributed by atoms with Crippen LogP contribution in [0.3, 0.4) is 0 Å². The van der Waals surface area contributed by atoms with E-state index in [1.54, 1.807) is 19.3 Å². The van der Waals surface area contributed by atoms with Gasteiger partial charge in [-0.2, -0.15) is 5.10 Å². The highest BCUT2D eigenvalue weighted by Crippen LogP contribution is 2.15. The Hall–Kier alpha value is -2.18. The molecule has 2 N–H and O–H groups in total. The Balaban J connectivity index is 2.07. The van der Waals surface area contributed by atoms with Crippen molar-refractivity contribution < 1.29 is 4.79 Å². The normalized spacial score (nSPS) is 10.8. The van der Waals surface area contributed by atoms with E-state index in [1.165, 1.54) is 4.68 Å². The standard InChI is InChI=1S/C10H14N6O/c1-6(2)7-4-9(14-12-7)11-10(17)8-5-16(3)15-13-8/h4-6H,1-3H3,(H2,11,12,14,17). The minimum absolute atomic E-state index is 0.265. The average Bonchev–Trinajstić information content (AvgIpc) is 2.86. The number of aromatic nitrogens is 5. The van der Waals surface area contributed by atoms with Gasteiger partial charge in [0.2, 0.25) is 0 Å². The minimum atomic E-state index is -0.320. The third-order valence-electron chi connectivity index (χ3n) is 2.30. The molecule has 0 spiro atoms. The second-order valence-electron chi connectivity index (χ2n) is 4.09. The summed E-state index contributed by atoms with van der Waals surface area (Å²) in [5, 5.41) is 16.9. The van der Waals surface area contributed by atoms with Gasteiger partial charge >= 0.3 is 0 Å². The van der Waals surface area contributed by atoms with E-state index in [0.29, 0.717) is 11.7 Å². The van der Waals surface area contributed by atoms with Crippen LogP contribution in [0, 0.1) is 0 Å². The molecule has 1 amide bonds. The van der Waals surface area contributed by atoms with Crippen LogP contribution in [0.15, 0.2) is 12.3 Å². The van der Waals surface area contributed by atoms with Crippen molar-refractivity contribution in [3.05, 3.63) is 23.7 Å². The summed E-state index contributed by atoms with van der Waals surface area (Å²) in [5.41, 5.74) is 1.24. The summed E-state index contributed by atoms with van der Waals surface area (Å²) in [6, 6.07) is 1.80. The van der Waals surface area contributed by atoms with Crippen LogP contribution in [0.5, 0.6) is 0 Å². The van der Waals surface area contributed by atoms with Crippen LogP contribution in [-0.2, 0) is 7.05 Å². The SMILES string of the molecule is CC(C)c1cc(NC(=O)c2cn(C)nn2)n[nH]1. The highest BCUT2D eigenvalue weighted by atomic mass is 16.2. The molecule has 2 aromatic rings. The van der Waals surface area contributed by atoms with Crippen molar-refractivity contribution in [1.82, 2.24) is 25.2 Å². The minimum Gasteiger partial charge on any atom is -0.304 e. The number of aromatic amines is 1. The number of carbonyl (C=O) groups is 1. The van der Waals surface area contributed by atoms with Crippen molar-refractivity contribution in [3.8, 4) is 0 Å². The third-order valence-corrected chi connectivity index (χ3v) is 2.30. The van der Waals surface area contributed by atoms with Gasteiger partial charge < -0.3 is 5.32 Å². The van der Waals surface area contributed by atoms with E-state index in [4.69, 9.17) is 0 Å². The van der Waals surface area contributed by atoms with E-state index >= 15 is 0 Å². The second-order valence-corrected chi connectivity index (χ2v) is 4.09. The number of anilines is 1. The van der Waals surface area contributed by atoms with Gasteiger partial charge in [-0.15, -0.1) is 5.10 Å². The summed E-state index contributed by atoms with van der Waals surface area (Å²) < 4.78 is 1.47. The maximum atomic E-state index is 11.7. The van der Waals surface area contributed by atoms with Gasteiger partial charge in [0.1, 0.15) is 0 Å². The van der Waals surface area contributed by atoms with Crippen molar-refractivity contribution in [1.29, 1.82) is 0 Å². The summed E-state index contributed by atoms with van der Waals surface area (Å²) in [7, 11) is 1.70. The molecule has 0 radical (unpaired) electrons. The summed E-state index contributed by atoms with van der Waals surface area (Å²) in [4.78, 5) is 11.7. The molecule has 0 aliphatic rings. The number of hydrogen-bond acceptors (Lipinski definition) is 4. The van der Waals surface area contributed by atoms with Gasteiger partial charge in [0.05, 0.1) is 6.20 Å². The number of H-pyrrole nitrogens is 1. The fourth-order valence-corrected chi connectivity index (χ4v) is 1.33. The first-order valence-corrected chi connectivity index (χ1v) is 5.29. The van der Waals surface area contributed by atoms with Crippen LogP contribution in [0.1, 0.15) is 35.9 Å². The zero-order valence-corrected chi connectivity index (χ0v) is 9.93. The zero-order valence-electron chi connectivity index (χ0n) is 9.93. The fourth-order valence-electron chi connectivity index (χ4n) is 1.33. The van der Waals surface area contributed by atoms with Crippen LogP contribution < -0.4 is 5.32 Å². The van der Waals surface area contributed by atoms with Crippen molar-refractivity contribution in [2.24, 2.45) is 7.05 Å². The van der Waals surface area contributed by atoms with Gasteiger partial charge in [-0.05, 0) is 5.92 Å². The molecule has 0 saturated heterocycles. The monoisotopic (exact) mass is 234 g/mol. The highest BCUT2D eigenvalue weighted by Gasteiger charge is 2.12. The van der Waals surface area contributed by atoms with E-state index in [0.717, 1.165) is 5.69 Å². The van der Waals surface area contributed by atoms with Gasteiger partial charge in [0.25, 0.3) is 5.91 Å². The number of rotatable bonds is 3. The maximum absolute atomic E-state index is 11.7. The van der Waals surface area contributed by atoms with Crippen LogP contribution in [0.4, 0.5) is 5.82 Å². The van der Waals surface area contributed by atoms with Crippen molar-refractivity contribution in [2.45, 2.75) is 19.8 Å². The molecule has 7 heteroatoms. The number of aryl methyl sites for hydroxylation is 1. The fraction of sp³-hybridized carbons (Fsp3) is 0.400. The molecular weight excluding hydrogens is 220 g/mol. The van der Waals surface area contributed by atoms with E-state index in [-0.39, 0.29) is 11.6 Å². The number of carbonyl (C=O) groups excluding carboxylic acids is 1. The van der Waals surface area contributed by atoms with Gasteiger partial charge in [-0.3, -0.25) is 14.6 Å². The van der Waals surface area contributed by atoms with E-state index in [9.17, 15) is 4.79 Å². The smallest absolute Gasteiger partial charge is 0.279 e. The van der Waals surface area contributed by atoms with Gasteiger partial charge in [0.15, 0.2) is 11.5 Å². The Morgan fingerprint density at radius 1 is 1.53 bits per heavy atom. The lowest BCUT2D eigenvalue weighted by Gasteiger charge is -1.97. The van der Waals surface area contributed by atoms with Gasteiger partial charge in [-0.25, -0.2) is 0 Å². The topological polar surface area (TPSA) is 88.5 Å². The number of amides is 1. The Morgan fingerprint density at radius 3 is 2.82 bits per heavy atom. The summed E-state index contributed by atoms with van der Waals surface area (Å²) in [5.74, 6) is 0.508. The molecule has 7 nitrogen and oxygen atoms in total. The first kappa shape index (κ1) is 11.3. The van der Waals surface area contributed by atoms with Crippen LogP contribution in [0.25, 0.3) is 0 Å². The molecule has 0 saturated carbocycles. The lowest BCUT2D eigenvalue weighted by Crippen LogP contribution is -2.12. The molecule has 2 heterocycles. The Labute approximate surface area is 98.2 Å². The number of nitrogens with one attached hydrogen (secondary N) is 2. The lowest BCUT2D eigenvalue weighted by molar-refractivity contribution is 0.102. The molecule has 0 unspecified atom stereocenters. The Kier molecular flexibility index (Phi) is 2.90. The predicted molar refractivity (Wildman–Crippen MR) is 61.6 cm³/mol. The molecule has 0 aliphatic heterocycles.